The smallest absolute Gasteiger partial charge is 0.303 e. The number of aliphatic carboxylic acids is 1. The van der Waals surface area contributed by atoms with Crippen molar-refractivity contribution in [3.8, 4) is 0 Å². The molecule has 0 unspecified atom stereocenters. The van der Waals surface area contributed by atoms with E-state index in [1.807, 2.05) is 6.07 Å². The first-order valence-corrected chi connectivity index (χ1v) is 6.49. The van der Waals surface area contributed by atoms with Gasteiger partial charge in [0.05, 0.1) is 0 Å². The van der Waals surface area contributed by atoms with Gasteiger partial charge in [0.1, 0.15) is 0 Å². The number of nitrogens with one attached hydrogen (secondary N) is 1. The minimum absolute atomic E-state index is 0.319. The first-order valence-electron chi connectivity index (χ1n) is 6.49. The van der Waals surface area contributed by atoms with Crippen LogP contribution in [0.5, 0.6) is 0 Å². The van der Waals surface area contributed by atoms with Crippen LogP contribution in [0.25, 0.3) is 0 Å². The number of rotatable bonds is 10. The van der Waals surface area contributed by atoms with Crippen molar-refractivity contribution in [3.63, 3.8) is 0 Å². The van der Waals surface area contributed by atoms with Crippen LogP contribution in [-0.4, -0.2) is 21.3 Å². The number of aromatic amines is 1. The standard InChI is InChI=1S/C13H22N2O2/c16-13(17)9-7-5-3-1-2-4-6-8-12-10-11-14-15-12/h10-11H,1-9H2,(H,14,15)(H,16,17). The molecule has 0 atom stereocenters. The summed E-state index contributed by atoms with van der Waals surface area (Å²) >= 11 is 0. The van der Waals surface area contributed by atoms with E-state index in [9.17, 15) is 4.79 Å². The van der Waals surface area contributed by atoms with Crippen LogP contribution in [0.2, 0.25) is 0 Å². The van der Waals surface area contributed by atoms with Crippen molar-refractivity contribution < 1.29 is 9.90 Å². The van der Waals surface area contributed by atoms with Crippen molar-refractivity contribution in [3.05, 3.63) is 18.0 Å². The van der Waals surface area contributed by atoms with Gasteiger partial charge in [0.25, 0.3) is 0 Å². The van der Waals surface area contributed by atoms with Gasteiger partial charge in [0.2, 0.25) is 0 Å². The van der Waals surface area contributed by atoms with E-state index in [1.54, 1.807) is 6.20 Å². The van der Waals surface area contributed by atoms with Crippen molar-refractivity contribution in [2.75, 3.05) is 0 Å². The predicted molar refractivity (Wildman–Crippen MR) is 66.9 cm³/mol. The molecule has 0 saturated heterocycles. The number of aryl methyl sites for hydroxylation is 1. The lowest BCUT2D eigenvalue weighted by atomic mass is 10.1. The van der Waals surface area contributed by atoms with E-state index in [2.05, 4.69) is 10.2 Å². The summed E-state index contributed by atoms with van der Waals surface area (Å²) in [4.78, 5) is 10.3. The summed E-state index contributed by atoms with van der Waals surface area (Å²) in [7, 11) is 0. The molecule has 0 spiro atoms. The zero-order valence-electron chi connectivity index (χ0n) is 10.3. The summed E-state index contributed by atoms with van der Waals surface area (Å²) in [5.41, 5.74) is 1.21. The lowest BCUT2D eigenvalue weighted by molar-refractivity contribution is -0.137. The van der Waals surface area contributed by atoms with E-state index < -0.39 is 5.97 Å². The molecule has 0 aliphatic carbocycles. The minimum Gasteiger partial charge on any atom is -0.481 e. The Morgan fingerprint density at radius 2 is 1.76 bits per heavy atom. The van der Waals surface area contributed by atoms with E-state index in [4.69, 9.17) is 5.11 Å². The van der Waals surface area contributed by atoms with E-state index in [-0.39, 0.29) is 0 Å². The van der Waals surface area contributed by atoms with Gasteiger partial charge in [0.15, 0.2) is 0 Å². The highest BCUT2D eigenvalue weighted by atomic mass is 16.4. The molecule has 0 aliphatic rings. The Bertz CT molecular complexity index is 296. The molecule has 96 valence electrons. The monoisotopic (exact) mass is 238 g/mol. The summed E-state index contributed by atoms with van der Waals surface area (Å²) < 4.78 is 0. The Labute approximate surface area is 102 Å². The van der Waals surface area contributed by atoms with Crippen LogP contribution in [0.3, 0.4) is 0 Å². The maximum absolute atomic E-state index is 10.3. The number of hydrogen-bond acceptors (Lipinski definition) is 2. The third-order valence-electron chi connectivity index (χ3n) is 2.90. The number of carbonyl (C=O) groups is 1. The van der Waals surface area contributed by atoms with Crippen molar-refractivity contribution >= 4 is 5.97 Å². The van der Waals surface area contributed by atoms with Crippen LogP contribution in [0.1, 0.15) is 57.1 Å². The highest BCUT2D eigenvalue weighted by Gasteiger charge is 1.97. The largest absolute Gasteiger partial charge is 0.481 e. The fourth-order valence-electron chi connectivity index (χ4n) is 1.90. The van der Waals surface area contributed by atoms with E-state index >= 15 is 0 Å². The molecule has 1 rings (SSSR count). The van der Waals surface area contributed by atoms with Gasteiger partial charge >= 0.3 is 5.97 Å². The van der Waals surface area contributed by atoms with E-state index in [0.717, 1.165) is 25.7 Å². The lowest BCUT2D eigenvalue weighted by Gasteiger charge is -2.00. The second-order valence-corrected chi connectivity index (χ2v) is 4.45. The van der Waals surface area contributed by atoms with Crippen LogP contribution < -0.4 is 0 Å². The zero-order chi connectivity index (χ0) is 12.3. The van der Waals surface area contributed by atoms with Gasteiger partial charge in [-0.25, -0.2) is 0 Å². The predicted octanol–water partition coefficient (Wildman–Crippen LogP) is 3.16. The molecule has 4 nitrogen and oxygen atoms in total. The van der Waals surface area contributed by atoms with Gasteiger partial charge in [-0.1, -0.05) is 32.1 Å². The number of H-pyrrole nitrogens is 1. The van der Waals surface area contributed by atoms with Gasteiger partial charge < -0.3 is 5.11 Å². The number of aromatic nitrogens is 2. The molecule has 0 bridgehead atoms. The highest BCUT2D eigenvalue weighted by molar-refractivity contribution is 5.66. The minimum atomic E-state index is -0.676. The first-order chi connectivity index (χ1) is 8.29. The average molecular weight is 238 g/mol. The van der Waals surface area contributed by atoms with Crippen molar-refractivity contribution in [1.82, 2.24) is 10.2 Å². The molecule has 0 saturated carbocycles. The van der Waals surface area contributed by atoms with Gasteiger partial charge in [-0.05, 0) is 25.3 Å². The summed E-state index contributed by atoms with van der Waals surface area (Å²) in [6, 6.07) is 2.02. The topological polar surface area (TPSA) is 66.0 Å². The van der Waals surface area contributed by atoms with Gasteiger partial charge in [-0.3, -0.25) is 9.89 Å². The summed E-state index contributed by atoms with van der Waals surface area (Å²) in [5, 5.41) is 15.3. The Hall–Kier alpha value is -1.32. The maximum atomic E-state index is 10.3. The normalized spacial score (nSPS) is 10.6. The molecule has 17 heavy (non-hydrogen) atoms. The molecule has 1 heterocycles. The zero-order valence-corrected chi connectivity index (χ0v) is 10.3. The molecular formula is C13H22N2O2. The van der Waals surface area contributed by atoms with Gasteiger partial charge in [-0.2, -0.15) is 5.10 Å². The molecule has 0 aromatic carbocycles. The van der Waals surface area contributed by atoms with E-state index in [0.29, 0.717) is 6.42 Å². The fraction of sp³-hybridized carbons (Fsp3) is 0.692. The van der Waals surface area contributed by atoms with E-state index in [1.165, 1.54) is 31.4 Å². The van der Waals surface area contributed by atoms with Gasteiger partial charge in [-0.15, -0.1) is 0 Å². The number of carboxylic acid groups (broad SMARTS) is 1. The molecule has 0 aliphatic heterocycles. The second kappa shape index (κ2) is 8.79. The number of unbranched alkanes of at least 4 members (excludes halogenated alkanes) is 6. The fourth-order valence-corrected chi connectivity index (χ4v) is 1.90. The average Bonchev–Trinajstić information content (AvgIpc) is 2.79. The van der Waals surface area contributed by atoms with Crippen molar-refractivity contribution in [2.45, 2.75) is 57.8 Å². The Kier molecular flexibility index (Phi) is 7.11. The third kappa shape index (κ3) is 7.55. The highest BCUT2D eigenvalue weighted by Crippen LogP contribution is 2.10. The Morgan fingerprint density at radius 1 is 1.12 bits per heavy atom. The Balaban J connectivity index is 1.80. The third-order valence-corrected chi connectivity index (χ3v) is 2.90. The van der Waals surface area contributed by atoms with Crippen LogP contribution >= 0.6 is 0 Å². The molecule has 1 aromatic rings. The van der Waals surface area contributed by atoms with Crippen LogP contribution in [-0.2, 0) is 11.2 Å². The van der Waals surface area contributed by atoms with Crippen LogP contribution in [0.4, 0.5) is 0 Å². The molecular weight excluding hydrogens is 216 g/mol. The molecule has 4 heteroatoms. The summed E-state index contributed by atoms with van der Waals surface area (Å²) in [6.45, 7) is 0. The summed E-state index contributed by atoms with van der Waals surface area (Å²) in [6.07, 6.45) is 11.2. The SMILES string of the molecule is O=C(O)CCCCCCCCCc1ccn[nH]1. The number of carboxylic acids is 1. The lowest BCUT2D eigenvalue weighted by Crippen LogP contribution is -1.93. The molecule has 0 radical (unpaired) electrons. The molecule has 1 aromatic heterocycles. The first kappa shape index (κ1) is 13.7. The van der Waals surface area contributed by atoms with Crippen molar-refractivity contribution in [2.24, 2.45) is 0 Å². The van der Waals surface area contributed by atoms with Crippen molar-refractivity contribution in [1.29, 1.82) is 0 Å². The molecule has 2 N–H and O–H groups in total. The summed E-state index contributed by atoms with van der Waals surface area (Å²) in [5.74, 6) is -0.676. The Morgan fingerprint density at radius 3 is 2.35 bits per heavy atom. The maximum Gasteiger partial charge on any atom is 0.303 e. The van der Waals surface area contributed by atoms with Crippen LogP contribution in [0, 0.1) is 0 Å². The van der Waals surface area contributed by atoms with Crippen LogP contribution in [0.15, 0.2) is 12.3 Å². The van der Waals surface area contributed by atoms with Gasteiger partial charge in [0, 0.05) is 18.3 Å². The number of nitrogens with zero attached hydrogens (tertiary/aromatic N) is 1. The molecule has 0 amide bonds. The second-order valence-electron chi connectivity index (χ2n) is 4.45. The quantitative estimate of drug-likeness (QED) is 0.615. The molecule has 0 fully saturated rings. The number of hydrogen-bond donors (Lipinski definition) is 2.